The van der Waals surface area contributed by atoms with Gasteiger partial charge >= 0.3 is 12.1 Å². The maximum atomic E-state index is 12.8. The summed E-state index contributed by atoms with van der Waals surface area (Å²) in [5, 5.41) is 12.9. The number of ether oxygens (including phenoxy) is 2. The number of hydrogen-bond acceptors (Lipinski definition) is 6. The molecule has 8 heteroatoms. The molecule has 1 aliphatic heterocycles. The van der Waals surface area contributed by atoms with Crippen LogP contribution in [0.15, 0.2) is 78.9 Å². The van der Waals surface area contributed by atoms with E-state index < -0.39 is 30.1 Å². The number of benzene rings is 3. The zero-order valence-corrected chi connectivity index (χ0v) is 20.2. The summed E-state index contributed by atoms with van der Waals surface area (Å²) in [5.41, 5.74) is 5.27. The van der Waals surface area contributed by atoms with Gasteiger partial charge in [-0.3, -0.25) is 9.59 Å². The number of likely N-dealkylation sites (tertiary alicyclic amines) is 1. The monoisotopic (exact) mass is 500 g/mol. The summed E-state index contributed by atoms with van der Waals surface area (Å²) < 4.78 is 10.7. The smallest absolute Gasteiger partial charge is 0.407 e. The molecule has 2 amide bonds. The van der Waals surface area contributed by atoms with Gasteiger partial charge in [0, 0.05) is 19.0 Å². The van der Waals surface area contributed by atoms with Gasteiger partial charge in [0.2, 0.25) is 5.91 Å². The fraction of sp³-hybridized carbons (Fsp3) is 0.276. The summed E-state index contributed by atoms with van der Waals surface area (Å²) in [6.07, 6.45) is -1.89. The van der Waals surface area contributed by atoms with Gasteiger partial charge in [-0.05, 0) is 27.8 Å². The van der Waals surface area contributed by atoms with E-state index in [4.69, 9.17) is 9.47 Å². The molecule has 190 valence electrons. The highest BCUT2D eigenvalue weighted by Crippen LogP contribution is 2.44. The highest BCUT2D eigenvalue weighted by atomic mass is 16.5. The Hall–Kier alpha value is -4.17. The van der Waals surface area contributed by atoms with Crippen molar-refractivity contribution in [1.82, 2.24) is 10.2 Å². The number of amides is 2. The molecule has 0 saturated carbocycles. The minimum Gasteiger partial charge on any atom is -0.461 e. The van der Waals surface area contributed by atoms with E-state index in [1.807, 2.05) is 78.9 Å². The second kappa shape index (κ2) is 10.8. The average molecular weight is 501 g/mol. The van der Waals surface area contributed by atoms with Crippen molar-refractivity contribution >= 4 is 18.0 Å². The maximum Gasteiger partial charge on any atom is 0.407 e. The number of aliphatic hydroxyl groups excluding tert-OH is 1. The predicted octanol–water partition coefficient (Wildman–Crippen LogP) is 3.23. The van der Waals surface area contributed by atoms with E-state index in [0.29, 0.717) is 0 Å². The number of nitrogens with one attached hydrogen (secondary N) is 1. The van der Waals surface area contributed by atoms with Crippen molar-refractivity contribution in [3.05, 3.63) is 95.6 Å². The number of nitrogens with zero attached hydrogens (tertiary/aromatic N) is 1. The molecule has 1 heterocycles. The fourth-order valence-corrected chi connectivity index (χ4v) is 4.95. The van der Waals surface area contributed by atoms with Gasteiger partial charge in [-0.25, -0.2) is 4.79 Å². The zero-order valence-electron chi connectivity index (χ0n) is 20.2. The first-order valence-corrected chi connectivity index (χ1v) is 12.3. The van der Waals surface area contributed by atoms with Gasteiger partial charge in [0.25, 0.3) is 0 Å². The van der Waals surface area contributed by atoms with Crippen LogP contribution in [0, 0.1) is 0 Å². The fourth-order valence-electron chi connectivity index (χ4n) is 4.95. The van der Waals surface area contributed by atoms with Crippen LogP contribution >= 0.6 is 0 Å². The first kappa shape index (κ1) is 24.5. The van der Waals surface area contributed by atoms with E-state index in [2.05, 4.69) is 5.32 Å². The lowest BCUT2D eigenvalue weighted by Crippen LogP contribution is -2.46. The maximum absolute atomic E-state index is 12.8. The van der Waals surface area contributed by atoms with E-state index in [1.54, 1.807) is 0 Å². The van der Waals surface area contributed by atoms with Crippen molar-refractivity contribution in [3.8, 4) is 11.1 Å². The molecule has 37 heavy (non-hydrogen) atoms. The second-order valence-corrected chi connectivity index (χ2v) is 9.20. The summed E-state index contributed by atoms with van der Waals surface area (Å²) >= 11 is 0. The molecule has 1 fully saturated rings. The molecule has 3 aromatic rings. The lowest BCUT2D eigenvalue weighted by atomic mass is 9.98. The van der Waals surface area contributed by atoms with Crippen molar-refractivity contribution in [1.29, 1.82) is 0 Å². The molecule has 8 nitrogen and oxygen atoms in total. The van der Waals surface area contributed by atoms with E-state index >= 15 is 0 Å². The largest absolute Gasteiger partial charge is 0.461 e. The molecule has 1 unspecified atom stereocenters. The molecule has 0 radical (unpaired) electrons. The van der Waals surface area contributed by atoms with E-state index in [9.17, 15) is 19.5 Å². The molecule has 5 rings (SSSR count). The molecule has 1 aliphatic carbocycles. The summed E-state index contributed by atoms with van der Waals surface area (Å²) in [4.78, 5) is 38.8. The van der Waals surface area contributed by atoms with Crippen LogP contribution in [0.3, 0.4) is 0 Å². The molecule has 0 spiro atoms. The summed E-state index contributed by atoms with van der Waals surface area (Å²) in [6.45, 7) is 0.363. The number of fused-ring (bicyclic) bond motifs is 3. The van der Waals surface area contributed by atoms with Crippen LogP contribution in [-0.4, -0.2) is 59.8 Å². The van der Waals surface area contributed by atoms with Crippen LogP contribution in [0.25, 0.3) is 11.1 Å². The van der Waals surface area contributed by atoms with Gasteiger partial charge in [-0.15, -0.1) is 0 Å². The summed E-state index contributed by atoms with van der Waals surface area (Å²) in [5.74, 6) is -1.02. The van der Waals surface area contributed by atoms with Crippen molar-refractivity contribution in [3.63, 3.8) is 0 Å². The van der Waals surface area contributed by atoms with Gasteiger partial charge in [0.05, 0.1) is 6.42 Å². The first-order chi connectivity index (χ1) is 18.0. The lowest BCUT2D eigenvalue weighted by Gasteiger charge is -2.18. The summed E-state index contributed by atoms with van der Waals surface area (Å²) in [7, 11) is 0. The Morgan fingerprint density at radius 2 is 1.51 bits per heavy atom. The van der Waals surface area contributed by atoms with Crippen LogP contribution in [0.4, 0.5) is 4.79 Å². The minimum atomic E-state index is -1.13. The van der Waals surface area contributed by atoms with Gasteiger partial charge in [0.1, 0.15) is 25.4 Å². The number of esters is 1. The third kappa shape index (κ3) is 5.34. The minimum absolute atomic E-state index is 0.0110. The van der Waals surface area contributed by atoms with Crippen LogP contribution in [0.2, 0.25) is 0 Å². The quantitative estimate of drug-likeness (QED) is 0.460. The molecule has 3 aromatic carbocycles. The number of rotatable bonds is 8. The third-order valence-electron chi connectivity index (χ3n) is 6.82. The van der Waals surface area contributed by atoms with E-state index in [1.165, 1.54) is 4.90 Å². The molecule has 0 bridgehead atoms. The van der Waals surface area contributed by atoms with Gasteiger partial charge < -0.3 is 24.8 Å². The standard InChI is InChI=1S/C29H28N2O6/c32-25-16-31(15-14-26(33)36-17-19-8-2-1-3-9-19)28(34)27(25)30-29(35)37-18-24-22-12-6-4-10-20(22)21-11-5-7-13-23(21)24/h1-13,24-25,27,32H,14-18H2,(H,30,35)/t25?,27-/m0/s1. The van der Waals surface area contributed by atoms with Crippen LogP contribution < -0.4 is 5.32 Å². The van der Waals surface area contributed by atoms with Crippen LogP contribution in [0.5, 0.6) is 0 Å². The van der Waals surface area contributed by atoms with Crippen molar-refractivity contribution in [2.24, 2.45) is 0 Å². The highest BCUT2D eigenvalue weighted by molar-refractivity contribution is 5.89. The van der Waals surface area contributed by atoms with Gasteiger partial charge in [-0.1, -0.05) is 78.9 Å². The van der Waals surface area contributed by atoms with Crippen LogP contribution in [0.1, 0.15) is 29.0 Å². The normalized spacial score (nSPS) is 18.3. The van der Waals surface area contributed by atoms with Gasteiger partial charge in [0.15, 0.2) is 0 Å². The zero-order chi connectivity index (χ0) is 25.8. The average Bonchev–Trinajstić information content (AvgIpc) is 3.39. The van der Waals surface area contributed by atoms with E-state index in [0.717, 1.165) is 27.8 Å². The predicted molar refractivity (Wildman–Crippen MR) is 135 cm³/mol. The molecular weight excluding hydrogens is 472 g/mol. The molecular formula is C29H28N2O6. The Bertz CT molecular complexity index is 1250. The Morgan fingerprint density at radius 3 is 2.19 bits per heavy atom. The Kier molecular flexibility index (Phi) is 7.18. The first-order valence-electron chi connectivity index (χ1n) is 12.3. The number of β-amino-alcohol motifs (C(OH)–C–C–N with tert-alkyl or cyclic N) is 1. The number of aliphatic hydroxyl groups is 1. The summed E-state index contributed by atoms with van der Waals surface area (Å²) in [6, 6.07) is 24.2. The Morgan fingerprint density at radius 1 is 0.892 bits per heavy atom. The van der Waals surface area contributed by atoms with Crippen molar-refractivity contribution in [2.45, 2.75) is 31.1 Å². The number of alkyl carbamates (subject to hydrolysis) is 1. The Balaban J connectivity index is 1.11. The molecule has 2 N–H and O–H groups in total. The van der Waals surface area contributed by atoms with Crippen molar-refractivity contribution < 1.29 is 29.0 Å². The second-order valence-electron chi connectivity index (χ2n) is 9.20. The highest BCUT2D eigenvalue weighted by Gasteiger charge is 2.41. The number of hydrogen-bond donors (Lipinski definition) is 2. The third-order valence-corrected chi connectivity index (χ3v) is 6.82. The van der Waals surface area contributed by atoms with E-state index in [-0.39, 0.29) is 38.6 Å². The van der Waals surface area contributed by atoms with Crippen molar-refractivity contribution in [2.75, 3.05) is 19.7 Å². The molecule has 0 aromatic heterocycles. The number of carbonyl (C=O) groups excluding carboxylic acids is 3. The molecule has 1 saturated heterocycles. The SMILES string of the molecule is O=C(CCN1CC(O)[C@H](NC(=O)OCC2c3ccccc3-c3ccccc32)C1=O)OCc1ccccc1. The van der Waals surface area contributed by atoms with Gasteiger partial charge in [-0.2, -0.15) is 0 Å². The molecule has 2 aliphatic rings. The number of carbonyl (C=O) groups is 3. The topological polar surface area (TPSA) is 105 Å². The molecule has 2 atom stereocenters. The lowest BCUT2D eigenvalue weighted by molar-refractivity contribution is -0.145. The Labute approximate surface area is 214 Å². The van der Waals surface area contributed by atoms with Crippen LogP contribution in [-0.2, 0) is 25.7 Å².